The summed E-state index contributed by atoms with van der Waals surface area (Å²) >= 11 is 3.42. The van der Waals surface area contributed by atoms with Gasteiger partial charge < -0.3 is 0 Å². The van der Waals surface area contributed by atoms with Gasteiger partial charge in [-0.2, -0.15) is 5.10 Å². The van der Waals surface area contributed by atoms with Crippen LogP contribution in [0.5, 0.6) is 0 Å². The standard InChI is InChI=1S/C7H11BrN2/c1-6(3-8)7-4-9-10(2)5-7/h4-6H,3H2,1-2H3. The van der Waals surface area contributed by atoms with Crippen LogP contribution in [0.3, 0.4) is 0 Å². The Morgan fingerprint density at radius 3 is 2.90 bits per heavy atom. The fourth-order valence-corrected chi connectivity index (χ4v) is 1.16. The van der Waals surface area contributed by atoms with Gasteiger partial charge in [0.2, 0.25) is 0 Å². The average molecular weight is 203 g/mol. The molecule has 3 heteroatoms. The van der Waals surface area contributed by atoms with Crippen molar-refractivity contribution in [3.8, 4) is 0 Å². The molecular weight excluding hydrogens is 192 g/mol. The minimum Gasteiger partial charge on any atom is -0.276 e. The van der Waals surface area contributed by atoms with Crippen molar-refractivity contribution in [1.29, 1.82) is 0 Å². The van der Waals surface area contributed by atoms with Crippen molar-refractivity contribution < 1.29 is 0 Å². The highest BCUT2D eigenvalue weighted by atomic mass is 79.9. The van der Waals surface area contributed by atoms with E-state index in [0.717, 1.165) is 5.33 Å². The lowest BCUT2D eigenvalue weighted by atomic mass is 10.1. The van der Waals surface area contributed by atoms with Crippen LogP contribution in [0, 0.1) is 0 Å². The number of rotatable bonds is 2. The van der Waals surface area contributed by atoms with E-state index in [-0.39, 0.29) is 0 Å². The van der Waals surface area contributed by atoms with E-state index in [1.807, 2.05) is 24.1 Å². The summed E-state index contributed by atoms with van der Waals surface area (Å²) in [7, 11) is 1.93. The van der Waals surface area contributed by atoms with E-state index in [1.165, 1.54) is 5.56 Å². The number of hydrogen-bond acceptors (Lipinski definition) is 1. The van der Waals surface area contributed by atoms with E-state index < -0.39 is 0 Å². The average Bonchev–Trinajstić information content (AvgIpc) is 2.34. The fraction of sp³-hybridized carbons (Fsp3) is 0.571. The van der Waals surface area contributed by atoms with Gasteiger partial charge in [-0.25, -0.2) is 0 Å². The molecule has 0 bridgehead atoms. The van der Waals surface area contributed by atoms with Crippen molar-refractivity contribution in [2.75, 3.05) is 5.33 Å². The molecule has 1 aromatic rings. The zero-order chi connectivity index (χ0) is 7.56. The van der Waals surface area contributed by atoms with E-state index in [9.17, 15) is 0 Å². The van der Waals surface area contributed by atoms with Gasteiger partial charge in [0.15, 0.2) is 0 Å². The molecule has 1 unspecified atom stereocenters. The predicted octanol–water partition coefficient (Wildman–Crippen LogP) is 1.92. The van der Waals surface area contributed by atoms with E-state index in [2.05, 4.69) is 28.0 Å². The summed E-state index contributed by atoms with van der Waals surface area (Å²) in [5.41, 5.74) is 1.29. The molecule has 56 valence electrons. The van der Waals surface area contributed by atoms with Crippen molar-refractivity contribution in [2.24, 2.45) is 7.05 Å². The molecule has 2 nitrogen and oxygen atoms in total. The van der Waals surface area contributed by atoms with Gasteiger partial charge in [-0.05, 0) is 11.5 Å². The van der Waals surface area contributed by atoms with Gasteiger partial charge in [0.25, 0.3) is 0 Å². The normalized spacial score (nSPS) is 13.5. The van der Waals surface area contributed by atoms with Crippen LogP contribution < -0.4 is 0 Å². The summed E-state index contributed by atoms with van der Waals surface area (Å²) in [6.07, 6.45) is 3.96. The molecule has 1 aromatic heterocycles. The van der Waals surface area contributed by atoms with E-state index in [0.29, 0.717) is 5.92 Å². The Balaban J connectivity index is 2.74. The monoisotopic (exact) mass is 202 g/mol. The second-order valence-electron chi connectivity index (χ2n) is 2.50. The van der Waals surface area contributed by atoms with Crippen molar-refractivity contribution in [2.45, 2.75) is 12.8 Å². The Kier molecular flexibility index (Phi) is 2.49. The number of alkyl halides is 1. The summed E-state index contributed by atoms with van der Waals surface area (Å²) in [5, 5.41) is 5.08. The minimum atomic E-state index is 0.564. The van der Waals surface area contributed by atoms with Gasteiger partial charge in [0.05, 0.1) is 6.20 Å². The van der Waals surface area contributed by atoms with Crippen molar-refractivity contribution >= 4 is 15.9 Å². The van der Waals surface area contributed by atoms with Crippen molar-refractivity contribution in [1.82, 2.24) is 9.78 Å². The number of aromatic nitrogens is 2. The Hall–Kier alpha value is -0.310. The number of nitrogens with zero attached hydrogens (tertiary/aromatic N) is 2. The minimum absolute atomic E-state index is 0.564. The quantitative estimate of drug-likeness (QED) is 0.671. The smallest absolute Gasteiger partial charge is 0.0524 e. The van der Waals surface area contributed by atoms with Gasteiger partial charge in [0, 0.05) is 18.6 Å². The molecular formula is C7H11BrN2. The molecule has 0 aliphatic carbocycles. The van der Waals surface area contributed by atoms with Crippen LogP contribution in [0.15, 0.2) is 12.4 Å². The topological polar surface area (TPSA) is 17.8 Å². The summed E-state index contributed by atoms with van der Waals surface area (Å²) in [6, 6.07) is 0. The molecule has 1 rings (SSSR count). The molecule has 0 fully saturated rings. The van der Waals surface area contributed by atoms with E-state index in [4.69, 9.17) is 0 Å². The van der Waals surface area contributed by atoms with Gasteiger partial charge in [0.1, 0.15) is 0 Å². The lowest BCUT2D eigenvalue weighted by Crippen LogP contribution is -1.91. The molecule has 0 saturated heterocycles. The zero-order valence-corrected chi connectivity index (χ0v) is 7.80. The summed E-state index contributed by atoms with van der Waals surface area (Å²) in [6.45, 7) is 2.17. The van der Waals surface area contributed by atoms with Crippen LogP contribution in [0.1, 0.15) is 18.4 Å². The molecule has 10 heavy (non-hydrogen) atoms. The lowest BCUT2D eigenvalue weighted by Gasteiger charge is -2.00. The molecule has 0 spiro atoms. The highest BCUT2D eigenvalue weighted by Gasteiger charge is 2.03. The second kappa shape index (κ2) is 3.19. The predicted molar refractivity (Wildman–Crippen MR) is 45.4 cm³/mol. The van der Waals surface area contributed by atoms with Gasteiger partial charge in [-0.3, -0.25) is 4.68 Å². The summed E-state index contributed by atoms with van der Waals surface area (Å²) in [5.74, 6) is 0.564. The molecule has 0 radical (unpaired) electrons. The SMILES string of the molecule is CC(CBr)c1cnn(C)c1. The van der Waals surface area contributed by atoms with Crippen LogP contribution in [-0.2, 0) is 7.05 Å². The van der Waals surface area contributed by atoms with Crippen molar-refractivity contribution in [3.05, 3.63) is 18.0 Å². The Bertz CT molecular complexity index is 207. The number of aryl methyl sites for hydroxylation is 1. The molecule has 0 aliphatic heterocycles. The zero-order valence-electron chi connectivity index (χ0n) is 6.21. The highest BCUT2D eigenvalue weighted by Crippen LogP contribution is 2.15. The number of hydrogen-bond donors (Lipinski definition) is 0. The molecule has 0 saturated carbocycles. The maximum Gasteiger partial charge on any atom is 0.0524 e. The first kappa shape index (κ1) is 7.79. The van der Waals surface area contributed by atoms with Gasteiger partial charge >= 0.3 is 0 Å². The van der Waals surface area contributed by atoms with Crippen LogP contribution in [0.4, 0.5) is 0 Å². The van der Waals surface area contributed by atoms with Crippen LogP contribution in [0.25, 0.3) is 0 Å². The van der Waals surface area contributed by atoms with Gasteiger partial charge in [-0.15, -0.1) is 0 Å². The number of halogens is 1. The molecule has 0 aromatic carbocycles. The van der Waals surface area contributed by atoms with Crippen LogP contribution in [0.2, 0.25) is 0 Å². The Morgan fingerprint density at radius 1 is 1.80 bits per heavy atom. The maximum absolute atomic E-state index is 4.08. The molecule has 0 aliphatic rings. The highest BCUT2D eigenvalue weighted by molar-refractivity contribution is 9.09. The third-order valence-corrected chi connectivity index (χ3v) is 2.50. The molecule has 1 heterocycles. The van der Waals surface area contributed by atoms with Crippen LogP contribution >= 0.6 is 15.9 Å². The Morgan fingerprint density at radius 2 is 2.50 bits per heavy atom. The van der Waals surface area contributed by atoms with E-state index in [1.54, 1.807) is 0 Å². The van der Waals surface area contributed by atoms with Crippen LogP contribution in [-0.4, -0.2) is 15.1 Å². The van der Waals surface area contributed by atoms with Gasteiger partial charge in [-0.1, -0.05) is 22.9 Å². The summed E-state index contributed by atoms with van der Waals surface area (Å²) in [4.78, 5) is 0. The third-order valence-electron chi connectivity index (χ3n) is 1.53. The molecule has 1 atom stereocenters. The molecule has 0 amide bonds. The largest absolute Gasteiger partial charge is 0.276 e. The molecule has 0 N–H and O–H groups in total. The van der Waals surface area contributed by atoms with E-state index >= 15 is 0 Å². The first-order valence-electron chi connectivity index (χ1n) is 3.28. The fourth-order valence-electron chi connectivity index (χ4n) is 0.784. The second-order valence-corrected chi connectivity index (χ2v) is 3.15. The third kappa shape index (κ3) is 1.59. The first-order chi connectivity index (χ1) is 4.74. The maximum atomic E-state index is 4.08. The Labute approximate surface area is 69.4 Å². The summed E-state index contributed by atoms with van der Waals surface area (Å²) < 4.78 is 1.83. The van der Waals surface area contributed by atoms with Crippen molar-refractivity contribution in [3.63, 3.8) is 0 Å². The first-order valence-corrected chi connectivity index (χ1v) is 4.40. The lowest BCUT2D eigenvalue weighted by molar-refractivity contribution is 0.765.